The molecule has 0 amide bonds. The van der Waals surface area contributed by atoms with Gasteiger partial charge in [0, 0.05) is 10.6 Å². The molecule has 1 unspecified atom stereocenters. The minimum atomic E-state index is 0.750. The number of fused-ring (bicyclic) bond motifs is 3. The zero-order valence-corrected chi connectivity index (χ0v) is 12.8. The van der Waals surface area contributed by atoms with Gasteiger partial charge in [-0.15, -0.1) is 11.3 Å². The molecule has 0 saturated heterocycles. The summed E-state index contributed by atoms with van der Waals surface area (Å²) in [6.45, 7) is 2.33. The number of nitrogens with zero attached hydrogens (tertiary/aromatic N) is 2. The average Bonchev–Trinajstić information content (AvgIpc) is 2.87. The number of rotatable bonds is 2. The van der Waals surface area contributed by atoms with E-state index in [2.05, 4.69) is 34.3 Å². The molecule has 21 heavy (non-hydrogen) atoms. The van der Waals surface area contributed by atoms with Gasteiger partial charge in [0.2, 0.25) is 0 Å². The largest absolute Gasteiger partial charge is 0.340 e. The number of anilines is 2. The smallest absolute Gasteiger partial charge is 0.142 e. The van der Waals surface area contributed by atoms with Gasteiger partial charge in [-0.2, -0.15) is 0 Å². The van der Waals surface area contributed by atoms with Crippen molar-refractivity contribution in [3.8, 4) is 0 Å². The van der Waals surface area contributed by atoms with Crippen molar-refractivity contribution in [1.29, 1.82) is 0 Å². The third-order valence-corrected chi connectivity index (χ3v) is 5.32. The second kappa shape index (κ2) is 5.11. The van der Waals surface area contributed by atoms with Crippen LogP contribution >= 0.6 is 11.3 Å². The van der Waals surface area contributed by atoms with Crippen LogP contribution < -0.4 is 5.32 Å². The summed E-state index contributed by atoms with van der Waals surface area (Å²) in [6.07, 6.45) is 5.28. The maximum Gasteiger partial charge on any atom is 0.142 e. The summed E-state index contributed by atoms with van der Waals surface area (Å²) in [5.41, 5.74) is 2.54. The molecule has 3 nitrogen and oxygen atoms in total. The molecule has 0 spiro atoms. The fraction of sp³-hybridized carbons (Fsp3) is 0.294. The maximum atomic E-state index is 4.49. The van der Waals surface area contributed by atoms with Crippen LogP contribution in [0, 0.1) is 5.92 Å². The van der Waals surface area contributed by atoms with E-state index in [1.807, 2.05) is 29.5 Å². The van der Waals surface area contributed by atoms with Crippen LogP contribution in [-0.2, 0) is 12.8 Å². The van der Waals surface area contributed by atoms with Crippen molar-refractivity contribution in [3.05, 3.63) is 47.1 Å². The van der Waals surface area contributed by atoms with Crippen molar-refractivity contribution in [2.75, 3.05) is 5.32 Å². The lowest BCUT2D eigenvalue weighted by molar-refractivity contribution is 0.508. The van der Waals surface area contributed by atoms with E-state index in [9.17, 15) is 0 Å². The Kier molecular flexibility index (Phi) is 3.11. The first kappa shape index (κ1) is 12.8. The first-order valence-corrected chi connectivity index (χ1v) is 8.20. The van der Waals surface area contributed by atoms with Gasteiger partial charge in [-0.1, -0.05) is 25.1 Å². The van der Waals surface area contributed by atoms with E-state index in [4.69, 9.17) is 0 Å². The lowest BCUT2D eigenvalue weighted by Gasteiger charge is -2.18. The summed E-state index contributed by atoms with van der Waals surface area (Å²) in [7, 11) is 0. The standard InChI is InChI=1S/C17H17N3S/c1-11-7-8-14-13(9-11)15-16(18-10-19-17(15)21-14)20-12-5-3-2-4-6-12/h2-6,10-11H,7-9H2,1H3,(H,18,19,20). The Morgan fingerprint density at radius 2 is 2.05 bits per heavy atom. The van der Waals surface area contributed by atoms with Gasteiger partial charge in [-0.3, -0.25) is 0 Å². The molecule has 0 fully saturated rings. The zero-order chi connectivity index (χ0) is 14.2. The van der Waals surface area contributed by atoms with Crippen molar-refractivity contribution in [2.24, 2.45) is 5.92 Å². The first-order chi connectivity index (χ1) is 10.3. The molecule has 0 saturated carbocycles. The van der Waals surface area contributed by atoms with Crippen LogP contribution in [0.15, 0.2) is 36.7 Å². The van der Waals surface area contributed by atoms with E-state index in [1.54, 1.807) is 6.33 Å². The number of benzene rings is 1. The van der Waals surface area contributed by atoms with E-state index in [-0.39, 0.29) is 0 Å². The normalized spacial score (nSPS) is 17.7. The van der Waals surface area contributed by atoms with Gasteiger partial charge in [0.05, 0.1) is 5.39 Å². The van der Waals surface area contributed by atoms with Crippen LogP contribution in [0.4, 0.5) is 11.5 Å². The molecule has 1 atom stereocenters. The molecule has 0 radical (unpaired) electrons. The fourth-order valence-electron chi connectivity index (χ4n) is 3.04. The van der Waals surface area contributed by atoms with Crippen LogP contribution in [0.5, 0.6) is 0 Å². The van der Waals surface area contributed by atoms with Crippen LogP contribution in [0.25, 0.3) is 10.2 Å². The number of thiophene rings is 1. The van der Waals surface area contributed by atoms with Crippen LogP contribution in [0.2, 0.25) is 0 Å². The van der Waals surface area contributed by atoms with Crippen LogP contribution in [-0.4, -0.2) is 9.97 Å². The molecule has 1 N–H and O–H groups in total. The minimum Gasteiger partial charge on any atom is -0.340 e. The quantitative estimate of drug-likeness (QED) is 0.753. The molecule has 4 heteroatoms. The van der Waals surface area contributed by atoms with Crippen molar-refractivity contribution in [3.63, 3.8) is 0 Å². The topological polar surface area (TPSA) is 37.8 Å². The predicted octanol–water partition coefficient (Wildman–Crippen LogP) is 4.56. The summed E-state index contributed by atoms with van der Waals surface area (Å²) >= 11 is 1.84. The Balaban J connectivity index is 1.84. The van der Waals surface area contributed by atoms with E-state index in [0.717, 1.165) is 28.7 Å². The first-order valence-electron chi connectivity index (χ1n) is 7.38. The molecule has 1 aromatic carbocycles. The van der Waals surface area contributed by atoms with E-state index in [0.29, 0.717) is 0 Å². The molecule has 106 valence electrons. The molecule has 3 aromatic rings. The van der Waals surface area contributed by atoms with E-state index in [1.165, 1.54) is 28.7 Å². The van der Waals surface area contributed by atoms with Crippen molar-refractivity contribution < 1.29 is 0 Å². The monoisotopic (exact) mass is 295 g/mol. The minimum absolute atomic E-state index is 0.750. The molecule has 0 bridgehead atoms. The van der Waals surface area contributed by atoms with Gasteiger partial charge in [-0.05, 0) is 42.9 Å². The van der Waals surface area contributed by atoms with Crippen molar-refractivity contribution in [1.82, 2.24) is 9.97 Å². The average molecular weight is 295 g/mol. The summed E-state index contributed by atoms with van der Waals surface area (Å²) in [5.74, 6) is 1.69. The van der Waals surface area contributed by atoms with Crippen LogP contribution in [0.1, 0.15) is 23.8 Å². The fourth-order valence-corrected chi connectivity index (χ4v) is 4.22. The molecular weight excluding hydrogens is 278 g/mol. The second-order valence-corrected chi connectivity index (χ2v) is 6.83. The lowest BCUT2D eigenvalue weighted by atomic mass is 9.88. The number of nitrogens with one attached hydrogen (secondary N) is 1. The highest BCUT2D eigenvalue weighted by Crippen LogP contribution is 2.40. The molecule has 1 aliphatic carbocycles. The van der Waals surface area contributed by atoms with Crippen LogP contribution in [0.3, 0.4) is 0 Å². The third kappa shape index (κ3) is 2.29. The van der Waals surface area contributed by atoms with E-state index < -0.39 is 0 Å². The van der Waals surface area contributed by atoms with Gasteiger partial charge in [-0.25, -0.2) is 9.97 Å². The molecule has 2 aromatic heterocycles. The third-order valence-electron chi connectivity index (χ3n) is 4.12. The van der Waals surface area contributed by atoms with Gasteiger partial charge in [0.1, 0.15) is 17.0 Å². The molecule has 1 aliphatic rings. The Morgan fingerprint density at radius 3 is 2.90 bits per heavy atom. The Labute approximate surface area is 128 Å². The highest BCUT2D eigenvalue weighted by Gasteiger charge is 2.23. The van der Waals surface area contributed by atoms with Gasteiger partial charge in [0.25, 0.3) is 0 Å². The van der Waals surface area contributed by atoms with E-state index >= 15 is 0 Å². The van der Waals surface area contributed by atoms with Crippen molar-refractivity contribution in [2.45, 2.75) is 26.2 Å². The van der Waals surface area contributed by atoms with Gasteiger partial charge >= 0.3 is 0 Å². The Morgan fingerprint density at radius 1 is 1.19 bits per heavy atom. The maximum absolute atomic E-state index is 4.49. The molecule has 4 rings (SSSR count). The SMILES string of the molecule is CC1CCc2sc3ncnc(Nc4ccccc4)c3c2C1. The highest BCUT2D eigenvalue weighted by atomic mass is 32.1. The predicted molar refractivity (Wildman–Crippen MR) is 88.3 cm³/mol. The number of aryl methyl sites for hydroxylation is 1. The zero-order valence-electron chi connectivity index (χ0n) is 12.0. The molecule has 2 heterocycles. The Hall–Kier alpha value is -1.94. The molecular formula is C17H17N3S. The van der Waals surface area contributed by atoms with Gasteiger partial charge in [0.15, 0.2) is 0 Å². The Bertz CT molecular complexity index is 779. The number of aromatic nitrogens is 2. The second-order valence-electron chi connectivity index (χ2n) is 5.75. The molecule has 0 aliphatic heterocycles. The van der Waals surface area contributed by atoms with Crippen molar-refractivity contribution >= 4 is 33.1 Å². The number of para-hydroxylation sites is 1. The van der Waals surface area contributed by atoms with Gasteiger partial charge < -0.3 is 5.32 Å². The number of hydrogen-bond donors (Lipinski definition) is 1. The lowest BCUT2D eigenvalue weighted by Crippen LogP contribution is -2.09. The summed E-state index contributed by atoms with van der Waals surface area (Å²) in [6, 6.07) is 10.2. The summed E-state index contributed by atoms with van der Waals surface area (Å²) in [4.78, 5) is 11.6. The highest BCUT2D eigenvalue weighted by molar-refractivity contribution is 7.19. The summed E-state index contributed by atoms with van der Waals surface area (Å²) in [5, 5.41) is 4.68. The number of hydrogen-bond acceptors (Lipinski definition) is 4. The summed E-state index contributed by atoms with van der Waals surface area (Å²) < 4.78 is 0.